The van der Waals surface area contributed by atoms with Crippen molar-refractivity contribution in [2.75, 3.05) is 0 Å². The number of nitrogens with zero attached hydrogens (tertiary/aromatic N) is 2. The van der Waals surface area contributed by atoms with Crippen LogP contribution in [0.2, 0.25) is 0 Å². The van der Waals surface area contributed by atoms with E-state index in [1.165, 1.54) is 23.6 Å². The number of amides is 1. The van der Waals surface area contributed by atoms with Gasteiger partial charge in [0.15, 0.2) is 5.78 Å². The van der Waals surface area contributed by atoms with Crippen LogP contribution in [-0.2, 0) is 6.54 Å². The van der Waals surface area contributed by atoms with Crippen LogP contribution < -0.4 is 10.9 Å². The van der Waals surface area contributed by atoms with Crippen LogP contribution in [0.5, 0.6) is 0 Å². The Morgan fingerprint density at radius 2 is 1.75 bits per heavy atom. The first-order valence-corrected chi connectivity index (χ1v) is 9.81. The van der Waals surface area contributed by atoms with Crippen LogP contribution in [-0.4, -0.2) is 31.9 Å². The molecule has 32 heavy (non-hydrogen) atoms. The summed E-state index contributed by atoms with van der Waals surface area (Å²) in [4.78, 5) is 40.9. The number of aromatic amines is 2. The molecule has 4 rings (SSSR count). The van der Waals surface area contributed by atoms with Crippen molar-refractivity contribution in [3.63, 3.8) is 0 Å². The van der Waals surface area contributed by atoms with Gasteiger partial charge in [0.2, 0.25) is 5.56 Å². The average Bonchev–Trinajstić information content (AvgIpc) is 3.42. The molecule has 0 bridgehead atoms. The zero-order valence-electron chi connectivity index (χ0n) is 15.9. The van der Waals surface area contributed by atoms with Gasteiger partial charge < -0.3 is 15.3 Å². The van der Waals surface area contributed by atoms with Crippen LogP contribution in [0.15, 0.2) is 47.5 Å². The van der Waals surface area contributed by atoms with Crippen molar-refractivity contribution < 1.29 is 22.8 Å². The molecule has 3 heterocycles. The molecule has 0 aliphatic carbocycles. The first-order valence-electron chi connectivity index (χ1n) is 8.99. The number of rotatable bonds is 6. The van der Waals surface area contributed by atoms with Crippen LogP contribution >= 0.6 is 11.3 Å². The molecule has 3 aromatic heterocycles. The van der Waals surface area contributed by atoms with E-state index < -0.39 is 34.7 Å². The molecular formula is C20H12F3N5O3S. The number of carbonyl (C=O) groups is 2. The molecule has 1 amide bonds. The molecule has 0 spiro atoms. The lowest BCUT2D eigenvalue weighted by Crippen LogP contribution is -2.23. The minimum atomic E-state index is -1.34. The predicted molar refractivity (Wildman–Crippen MR) is 108 cm³/mol. The molecule has 1 aromatic carbocycles. The fourth-order valence-corrected chi connectivity index (χ4v) is 3.57. The maximum atomic E-state index is 13.8. The molecule has 0 fully saturated rings. The van der Waals surface area contributed by atoms with Gasteiger partial charge in [0.1, 0.15) is 33.2 Å². The zero-order chi connectivity index (χ0) is 22.8. The fourth-order valence-electron chi connectivity index (χ4n) is 2.80. The summed E-state index contributed by atoms with van der Waals surface area (Å²) in [5, 5.41) is 11.6. The predicted octanol–water partition coefficient (Wildman–Crippen LogP) is 2.80. The van der Waals surface area contributed by atoms with E-state index in [-0.39, 0.29) is 23.4 Å². The Balaban J connectivity index is 1.43. The number of hydrogen-bond donors (Lipinski definition) is 3. The second kappa shape index (κ2) is 8.59. The van der Waals surface area contributed by atoms with E-state index in [9.17, 15) is 27.6 Å². The number of ketones is 1. The number of benzene rings is 1. The number of aromatic nitrogens is 4. The van der Waals surface area contributed by atoms with Gasteiger partial charge in [-0.3, -0.25) is 14.4 Å². The molecule has 12 heteroatoms. The van der Waals surface area contributed by atoms with Crippen LogP contribution in [0.3, 0.4) is 0 Å². The topological polar surface area (TPSA) is 121 Å². The van der Waals surface area contributed by atoms with Gasteiger partial charge in [-0.1, -0.05) is 11.3 Å². The Kier molecular flexibility index (Phi) is 5.69. The van der Waals surface area contributed by atoms with Crippen LogP contribution in [0, 0.1) is 17.5 Å². The quantitative estimate of drug-likeness (QED) is 0.383. The summed E-state index contributed by atoms with van der Waals surface area (Å²) >= 11 is 1.20. The summed E-state index contributed by atoms with van der Waals surface area (Å²) in [6, 6.07) is 4.88. The summed E-state index contributed by atoms with van der Waals surface area (Å²) in [5.41, 5.74) is -0.703. The molecule has 162 valence electrons. The van der Waals surface area contributed by atoms with Gasteiger partial charge in [-0.25, -0.2) is 13.2 Å². The second-order valence-electron chi connectivity index (χ2n) is 6.50. The van der Waals surface area contributed by atoms with E-state index in [1.54, 1.807) is 6.07 Å². The Hall–Kier alpha value is -4.06. The van der Waals surface area contributed by atoms with Crippen molar-refractivity contribution in [2.45, 2.75) is 6.54 Å². The molecule has 4 aromatic rings. The highest BCUT2D eigenvalue weighted by atomic mass is 32.1. The molecule has 8 nitrogen and oxygen atoms in total. The van der Waals surface area contributed by atoms with Gasteiger partial charge >= 0.3 is 0 Å². The van der Waals surface area contributed by atoms with E-state index >= 15 is 0 Å². The second-order valence-corrected chi connectivity index (χ2v) is 7.56. The number of pyridine rings is 1. The van der Waals surface area contributed by atoms with Crippen molar-refractivity contribution in [3.05, 3.63) is 92.4 Å². The molecule has 3 N–H and O–H groups in total. The maximum Gasteiger partial charge on any atom is 0.268 e. The van der Waals surface area contributed by atoms with Crippen molar-refractivity contribution in [3.8, 4) is 10.6 Å². The highest BCUT2D eigenvalue weighted by Crippen LogP contribution is 2.22. The van der Waals surface area contributed by atoms with E-state index in [1.807, 2.05) is 0 Å². The van der Waals surface area contributed by atoms with Gasteiger partial charge in [0.05, 0.1) is 12.1 Å². The van der Waals surface area contributed by atoms with E-state index in [2.05, 4.69) is 25.5 Å². The largest absolute Gasteiger partial charge is 0.356 e. The lowest BCUT2D eigenvalue weighted by molar-refractivity contribution is 0.0946. The van der Waals surface area contributed by atoms with Crippen LogP contribution in [0.4, 0.5) is 13.2 Å². The third-order valence-corrected chi connectivity index (χ3v) is 5.29. The van der Waals surface area contributed by atoms with Gasteiger partial charge in [-0.15, -0.1) is 10.2 Å². The molecule has 0 unspecified atom stereocenters. The summed E-state index contributed by atoms with van der Waals surface area (Å²) in [6.07, 6.45) is 2.62. The molecule has 0 atom stereocenters. The molecule has 0 aliphatic heterocycles. The Labute approximate surface area is 181 Å². The Bertz CT molecular complexity index is 1350. The first kappa shape index (κ1) is 21.2. The Morgan fingerprint density at radius 1 is 1.00 bits per heavy atom. The Morgan fingerprint density at radius 3 is 2.44 bits per heavy atom. The molecular weight excluding hydrogens is 447 g/mol. The van der Waals surface area contributed by atoms with Gasteiger partial charge in [0, 0.05) is 41.7 Å². The van der Waals surface area contributed by atoms with Crippen molar-refractivity contribution >= 4 is 23.0 Å². The standard InChI is InChI=1S/C20H12F3N5O3S/c21-11-4-12(22)17(13(23)5-11)18(30)10-3-14(24-7-10)19(31)26-8-16-27-28-20(32-16)9-1-2-15(29)25-6-9/h1-7,24H,8H2,(H,25,29)(H,26,31). The SMILES string of the molecule is O=C(NCc1nnc(-c2ccc(=O)[nH]c2)s1)c1cc(C(=O)c2c(F)cc(F)cc2F)c[nH]1. The van der Waals surface area contributed by atoms with Crippen LogP contribution in [0.25, 0.3) is 10.6 Å². The number of hydrogen-bond acceptors (Lipinski definition) is 6. The number of halogens is 3. The van der Waals surface area contributed by atoms with Gasteiger partial charge in [0.25, 0.3) is 5.91 Å². The van der Waals surface area contributed by atoms with E-state index in [4.69, 9.17) is 0 Å². The molecule has 0 radical (unpaired) electrons. The minimum Gasteiger partial charge on any atom is -0.356 e. The van der Waals surface area contributed by atoms with Crippen molar-refractivity contribution in [1.82, 2.24) is 25.5 Å². The highest BCUT2D eigenvalue weighted by Gasteiger charge is 2.22. The highest BCUT2D eigenvalue weighted by molar-refractivity contribution is 7.14. The number of H-pyrrole nitrogens is 2. The lowest BCUT2D eigenvalue weighted by atomic mass is 10.0. The zero-order valence-corrected chi connectivity index (χ0v) is 16.7. The summed E-state index contributed by atoms with van der Waals surface area (Å²) in [7, 11) is 0. The summed E-state index contributed by atoms with van der Waals surface area (Å²) < 4.78 is 40.7. The number of nitrogens with one attached hydrogen (secondary N) is 3. The fraction of sp³-hybridized carbons (Fsp3) is 0.0500. The molecule has 0 saturated heterocycles. The maximum absolute atomic E-state index is 13.8. The third-order valence-electron chi connectivity index (χ3n) is 4.32. The third kappa shape index (κ3) is 4.34. The van der Waals surface area contributed by atoms with E-state index in [0.29, 0.717) is 27.7 Å². The van der Waals surface area contributed by atoms with E-state index in [0.717, 1.165) is 12.3 Å². The van der Waals surface area contributed by atoms with Gasteiger partial charge in [-0.05, 0) is 12.1 Å². The molecule has 0 saturated carbocycles. The van der Waals surface area contributed by atoms with Crippen LogP contribution in [0.1, 0.15) is 31.4 Å². The van der Waals surface area contributed by atoms with Crippen molar-refractivity contribution in [1.29, 1.82) is 0 Å². The summed E-state index contributed by atoms with van der Waals surface area (Å²) in [5.74, 6) is -5.45. The smallest absolute Gasteiger partial charge is 0.268 e. The van der Waals surface area contributed by atoms with Crippen molar-refractivity contribution in [2.24, 2.45) is 0 Å². The lowest BCUT2D eigenvalue weighted by Gasteiger charge is -2.03. The molecule has 0 aliphatic rings. The number of carbonyl (C=O) groups excluding carboxylic acids is 2. The average molecular weight is 459 g/mol. The summed E-state index contributed by atoms with van der Waals surface area (Å²) in [6.45, 7) is 0.0311. The normalized spacial score (nSPS) is 10.8. The monoisotopic (exact) mass is 459 g/mol. The first-order chi connectivity index (χ1) is 15.3. The van der Waals surface area contributed by atoms with Gasteiger partial charge in [-0.2, -0.15) is 0 Å². The minimum absolute atomic E-state index is 0.0262.